The summed E-state index contributed by atoms with van der Waals surface area (Å²) in [6.45, 7) is 3.38. The second-order valence-electron chi connectivity index (χ2n) is 7.07. The van der Waals surface area contributed by atoms with Gasteiger partial charge >= 0.3 is 0 Å². The van der Waals surface area contributed by atoms with Crippen molar-refractivity contribution in [3.8, 4) is 22.7 Å². The Morgan fingerprint density at radius 1 is 0.867 bits per heavy atom. The number of rotatable bonds is 5. The number of benzene rings is 1. The fourth-order valence-electron chi connectivity index (χ4n) is 2.69. The molecule has 8 heteroatoms. The lowest BCUT2D eigenvalue weighted by Crippen LogP contribution is -2.17. The molecule has 0 spiro atoms. The van der Waals surface area contributed by atoms with Crippen molar-refractivity contribution in [1.82, 2.24) is 15.0 Å². The molecule has 0 atom stereocenters. The van der Waals surface area contributed by atoms with Crippen LogP contribution in [0.1, 0.15) is 19.5 Å². The molecule has 0 amide bonds. The number of hydrogen-bond acceptors (Lipinski definition) is 6. The first-order valence-corrected chi connectivity index (χ1v) is 10.6. The van der Waals surface area contributed by atoms with Crippen LogP contribution in [0, 0.1) is 0 Å². The van der Waals surface area contributed by atoms with Crippen molar-refractivity contribution in [2.24, 2.45) is 0 Å². The first-order valence-electron chi connectivity index (χ1n) is 9.05. The van der Waals surface area contributed by atoms with Crippen molar-refractivity contribution < 1.29 is 9.52 Å². The van der Waals surface area contributed by atoms with E-state index in [0.29, 0.717) is 32.4 Å². The molecule has 30 heavy (non-hydrogen) atoms. The Labute approximate surface area is 188 Å². The standard InChI is InChI=1S/C22H17Cl2N3O2S/c1-22(2,28)17-9-5-14(11-25-17)19-21(30-18-10-8-16(24)12-26-18)29-20(27-19)13-3-6-15(23)7-4-13/h3-12,28H,1-2H3. The maximum Gasteiger partial charge on any atom is 0.228 e. The predicted octanol–water partition coefficient (Wildman–Crippen LogP) is 6.48. The van der Waals surface area contributed by atoms with E-state index in [1.54, 1.807) is 50.5 Å². The molecule has 5 nitrogen and oxygen atoms in total. The van der Waals surface area contributed by atoms with Crippen LogP contribution in [0.25, 0.3) is 22.7 Å². The summed E-state index contributed by atoms with van der Waals surface area (Å²) in [4.78, 5) is 13.4. The van der Waals surface area contributed by atoms with E-state index in [-0.39, 0.29) is 0 Å². The van der Waals surface area contributed by atoms with Gasteiger partial charge in [0.2, 0.25) is 5.89 Å². The van der Waals surface area contributed by atoms with Gasteiger partial charge in [0.15, 0.2) is 5.09 Å². The van der Waals surface area contributed by atoms with Gasteiger partial charge in [-0.15, -0.1) is 0 Å². The van der Waals surface area contributed by atoms with Gasteiger partial charge in [-0.25, -0.2) is 9.97 Å². The molecule has 4 rings (SSSR count). The molecule has 0 bridgehead atoms. The lowest BCUT2D eigenvalue weighted by Gasteiger charge is -2.16. The van der Waals surface area contributed by atoms with E-state index >= 15 is 0 Å². The van der Waals surface area contributed by atoms with Crippen molar-refractivity contribution in [1.29, 1.82) is 0 Å². The van der Waals surface area contributed by atoms with Gasteiger partial charge in [0.05, 0.1) is 10.7 Å². The van der Waals surface area contributed by atoms with Crippen LogP contribution in [0.4, 0.5) is 0 Å². The Morgan fingerprint density at radius 2 is 1.57 bits per heavy atom. The Morgan fingerprint density at radius 3 is 2.17 bits per heavy atom. The fraction of sp³-hybridized carbons (Fsp3) is 0.136. The highest BCUT2D eigenvalue weighted by Crippen LogP contribution is 2.38. The molecule has 0 fully saturated rings. The Bertz CT molecular complexity index is 1150. The monoisotopic (exact) mass is 457 g/mol. The first-order chi connectivity index (χ1) is 14.3. The van der Waals surface area contributed by atoms with Crippen LogP contribution < -0.4 is 0 Å². The van der Waals surface area contributed by atoms with Crippen molar-refractivity contribution in [3.05, 3.63) is 76.7 Å². The SMILES string of the molecule is CC(C)(O)c1ccc(-c2nc(-c3ccc(Cl)cc3)oc2Sc2ccc(Cl)cn2)cn1. The molecule has 3 heterocycles. The summed E-state index contributed by atoms with van der Waals surface area (Å²) >= 11 is 13.3. The molecule has 1 N–H and O–H groups in total. The fourth-order valence-corrected chi connectivity index (χ4v) is 3.74. The lowest BCUT2D eigenvalue weighted by atomic mass is 10.0. The summed E-state index contributed by atoms with van der Waals surface area (Å²) in [5.41, 5.74) is 1.75. The topological polar surface area (TPSA) is 72.0 Å². The van der Waals surface area contributed by atoms with Crippen LogP contribution in [-0.2, 0) is 5.60 Å². The summed E-state index contributed by atoms with van der Waals surface area (Å²) < 4.78 is 6.09. The van der Waals surface area contributed by atoms with Crippen LogP contribution in [0.15, 0.2) is 75.5 Å². The number of pyridine rings is 2. The second-order valence-corrected chi connectivity index (χ2v) is 8.94. The van der Waals surface area contributed by atoms with E-state index in [0.717, 1.165) is 16.2 Å². The van der Waals surface area contributed by atoms with Gasteiger partial charge in [0.1, 0.15) is 16.3 Å². The summed E-state index contributed by atoms with van der Waals surface area (Å²) in [6.07, 6.45) is 3.26. The zero-order valence-corrected chi connectivity index (χ0v) is 18.5. The highest BCUT2D eigenvalue weighted by molar-refractivity contribution is 7.99. The molecule has 4 aromatic rings. The third kappa shape index (κ3) is 4.68. The van der Waals surface area contributed by atoms with E-state index in [4.69, 9.17) is 32.6 Å². The Hall–Kier alpha value is -2.38. The molecule has 152 valence electrons. The van der Waals surface area contributed by atoms with Gasteiger partial charge in [-0.05, 0) is 74.1 Å². The van der Waals surface area contributed by atoms with Crippen LogP contribution >= 0.6 is 35.0 Å². The molecule has 0 saturated carbocycles. The quantitative estimate of drug-likeness (QED) is 0.369. The van der Waals surface area contributed by atoms with Crippen LogP contribution in [0.3, 0.4) is 0 Å². The molecule has 0 radical (unpaired) electrons. The molecule has 0 aliphatic heterocycles. The van der Waals surface area contributed by atoms with Gasteiger partial charge in [-0.2, -0.15) is 0 Å². The summed E-state index contributed by atoms with van der Waals surface area (Å²) in [5.74, 6) is 0.463. The smallest absolute Gasteiger partial charge is 0.228 e. The van der Waals surface area contributed by atoms with Gasteiger partial charge in [-0.3, -0.25) is 4.98 Å². The normalized spacial score (nSPS) is 11.6. The summed E-state index contributed by atoms with van der Waals surface area (Å²) in [7, 11) is 0. The highest BCUT2D eigenvalue weighted by Gasteiger charge is 2.21. The Balaban J connectivity index is 1.76. The predicted molar refractivity (Wildman–Crippen MR) is 119 cm³/mol. The maximum atomic E-state index is 10.2. The Kier molecular flexibility index (Phi) is 5.84. The van der Waals surface area contributed by atoms with E-state index in [9.17, 15) is 5.11 Å². The molecular weight excluding hydrogens is 441 g/mol. The van der Waals surface area contributed by atoms with Gasteiger partial charge in [-0.1, -0.05) is 23.2 Å². The molecule has 1 aromatic carbocycles. The molecule has 0 aliphatic carbocycles. The van der Waals surface area contributed by atoms with Gasteiger partial charge in [0, 0.05) is 28.5 Å². The zero-order chi connectivity index (χ0) is 21.3. The lowest BCUT2D eigenvalue weighted by molar-refractivity contribution is 0.0739. The number of aliphatic hydroxyl groups is 1. The minimum atomic E-state index is -1.03. The number of aromatic nitrogens is 3. The van der Waals surface area contributed by atoms with Crippen molar-refractivity contribution in [2.75, 3.05) is 0 Å². The van der Waals surface area contributed by atoms with Crippen LogP contribution in [0.5, 0.6) is 0 Å². The maximum absolute atomic E-state index is 10.2. The summed E-state index contributed by atoms with van der Waals surface area (Å²) in [6, 6.07) is 14.5. The second kappa shape index (κ2) is 8.40. The van der Waals surface area contributed by atoms with Crippen LogP contribution in [0.2, 0.25) is 10.0 Å². The average molecular weight is 458 g/mol. The number of nitrogens with zero attached hydrogens (tertiary/aromatic N) is 3. The zero-order valence-electron chi connectivity index (χ0n) is 16.1. The number of hydrogen-bond donors (Lipinski definition) is 1. The van der Waals surface area contributed by atoms with E-state index < -0.39 is 5.60 Å². The van der Waals surface area contributed by atoms with Crippen molar-refractivity contribution in [3.63, 3.8) is 0 Å². The largest absolute Gasteiger partial charge is 0.429 e. The minimum Gasteiger partial charge on any atom is -0.429 e. The van der Waals surface area contributed by atoms with E-state index in [1.165, 1.54) is 11.8 Å². The highest BCUT2D eigenvalue weighted by atomic mass is 35.5. The first kappa shape index (κ1) is 20.9. The van der Waals surface area contributed by atoms with Crippen molar-refractivity contribution >= 4 is 35.0 Å². The van der Waals surface area contributed by atoms with Crippen LogP contribution in [-0.4, -0.2) is 20.1 Å². The number of halogens is 2. The van der Waals surface area contributed by atoms with E-state index in [2.05, 4.69) is 9.97 Å². The van der Waals surface area contributed by atoms with Crippen molar-refractivity contribution in [2.45, 2.75) is 29.6 Å². The number of oxazole rings is 1. The molecular formula is C22H17Cl2N3O2S. The van der Waals surface area contributed by atoms with Gasteiger partial charge in [0.25, 0.3) is 0 Å². The van der Waals surface area contributed by atoms with Gasteiger partial charge < -0.3 is 9.52 Å². The average Bonchev–Trinajstić information content (AvgIpc) is 3.13. The third-order valence-corrected chi connectivity index (χ3v) is 5.64. The van der Waals surface area contributed by atoms with E-state index in [1.807, 2.05) is 24.3 Å². The molecule has 0 unspecified atom stereocenters. The third-order valence-electron chi connectivity index (χ3n) is 4.25. The summed E-state index contributed by atoms with van der Waals surface area (Å²) in [5, 5.41) is 12.7. The minimum absolute atomic E-state index is 0.463. The molecule has 3 aromatic heterocycles. The molecule has 0 aliphatic rings. The molecule has 0 saturated heterocycles.